The van der Waals surface area contributed by atoms with Crippen molar-refractivity contribution in [3.8, 4) is 0 Å². The molecule has 5 unspecified atom stereocenters. The van der Waals surface area contributed by atoms with Crippen LogP contribution >= 0.6 is 0 Å². The van der Waals surface area contributed by atoms with Gasteiger partial charge in [-0.05, 0) is 155 Å². The maximum atomic E-state index is 15.1. The van der Waals surface area contributed by atoms with Crippen LogP contribution in [0.3, 0.4) is 0 Å². The highest BCUT2D eigenvalue weighted by molar-refractivity contribution is 6.02. The van der Waals surface area contributed by atoms with Gasteiger partial charge < -0.3 is 129 Å². The van der Waals surface area contributed by atoms with Crippen molar-refractivity contribution in [2.45, 2.75) is 267 Å². The predicted molar refractivity (Wildman–Crippen MR) is 428 cm³/mol. The highest BCUT2D eigenvalue weighted by Gasteiger charge is 2.47. The van der Waals surface area contributed by atoms with E-state index in [2.05, 4.69) is 73.8 Å². The average Bonchev–Trinajstić information content (AvgIpc) is 1.51. The number of unbranched alkanes of at least 4 members (excludes halogenated alkanes) is 2. The Bertz CT molecular complexity index is 4070. The molecule has 0 saturated carbocycles. The molecule has 7 rings (SSSR count). The molecule has 0 bridgehead atoms. The Balaban J connectivity index is 1.26. The quantitative estimate of drug-likeness (QED) is 0.0368. The molecule has 634 valence electrons. The molecule has 0 radical (unpaired) electrons. The van der Waals surface area contributed by atoms with Crippen LogP contribution in [0.25, 0.3) is 21.8 Å². The lowest BCUT2D eigenvalue weighted by Crippen LogP contribution is -2.66. The number of aliphatic hydroxyl groups is 1. The van der Waals surface area contributed by atoms with Crippen LogP contribution in [0.1, 0.15) is 144 Å². The Morgan fingerprint density at radius 3 is 1.17 bits per heavy atom. The van der Waals surface area contributed by atoms with Gasteiger partial charge in [0.05, 0.1) is 6.10 Å². The minimum atomic E-state index is -1.77. The number of aliphatic hydroxyl groups excluding tert-OH is 1. The second-order valence-electron chi connectivity index (χ2n) is 30.9. The zero-order chi connectivity index (χ0) is 84.8. The number of amides is 14. The monoisotopic (exact) mass is 1610 g/mol. The fraction of sp³-hybridized carbons (Fsp3) is 0.610. The number of hydrogen-bond acceptors (Lipinski definition) is 22. The van der Waals surface area contributed by atoms with Crippen LogP contribution in [0.15, 0.2) is 60.9 Å². The van der Waals surface area contributed by atoms with E-state index < -0.39 is 210 Å². The molecule has 0 aliphatic carbocycles. The predicted octanol–water partition coefficient (Wildman–Crippen LogP) is -5.31. The summed E-state index contributed by atoms with van der Waals surface area (Å²) in [5, 5.41) is 44.4. The molecule has 3 fully saturated rings. The molecule has 14 amide bonds. The van der Waals surface area contributed by atoms with Gasteiger partial charge in [-0.15, -0.1) is 0 Å². The summed E-state index contributed by atoms with van der Waals surface area (Å²) >= 11 is 0. The maximum Gasteiger partial charge on any atom is 0.247 e. The molecular weight excluding hydrogens is 1490 g/mol. The second-order valence-corrected chi connectivity index (χ2v) is 30.9. The molecule has 29 N–H and O–H groups in total. The number of para-hydroxylation sites is 2. The van der Waals surface area contributed by atoms with Crippen LogP contribution in [0, 0.1) is 5.92 Å². The molecule has 38 nitrogen and oxygen atoms in total. The summed E-state index contributed by atoms with van der Waals surface area (Å²) in [5.74, 6) is -13.5. The number of nitrogens with two attached hydrogens (primary N) is 7. The number of fused-ring (bicyclic) bond motifs is 4. The fourth-order valence-electron chi connectivity index (χ4n) is 14.4. The van der Waals surface area contributed by atoms with Crippen molar-refractivity contribution < 1.29 is 72.2 Å². The molecule has 3 aliphatic rings. The molecule has 115 heavy (non-hydrogen) atoms. The lowest BCUT2D eigenvalue weighted by atomic mass is 9.96. The van der Waals surface area contributed by atoms with Crippen molar-refractivity contribution in [1.82, 2.24) is 83.6 Å². The fourth-order valence-corrected chi connectivity index (χ4v) is 14.4. The van der Waals surface area contributed by atoms with Crippen molar-refractivity contribution in [2.75, 3.05) is 26.2 Å². The van der Waals surface area contributed by atoms with Gasteiger partial charge in [-0.25, -0.2) is 0 Å². The van der Waals surface area contributed by atoms with E-state index in [1.54, 1.807) is 74.8 Å². The normalized spacial score (nSPS) is 28.0. The number of H-pyrrole nitrogens is 2. The Kier molecular flexibility index (Phi) is 34.3. The second kappa shape index (κ2) is 42.9. The summed E-state index contributed by atoms with van der Waals surface area (Å²) < 4.78 is 0. The third kappa shape index (κ3) is 24.4. The number of nitrogens with one attached hydrogen (secondary N) is 14. The van der Waals surface area contributed by atoms with Gasteiger partial charge in [0.1, 0.15) is 84.6 Å². The first kappa shape index (κ1) is 92.0. The number of aromatic amines is 2. The van der Waals surface area contributed by atoms with Gasteiger partial charge in [-0.3, -0.25) is 67.1 Å². The standard InChI is InChI=1S/C77H121N23O15/c1-10-37(2)57-70(108)95-60(40(5)82)72(110)89-51(25-15-17-29-78)65(103)88-52(26-16-18-30-79)66(104)93-59(39(4)81)73(111)90-54(34-46-36-86-50-24-14-12-22-48(46)50)68(106)94-61(41(6)83)74(112)96-58(38(3)80)71(109)87-43(8)64(102)97-62(42(7)84)77(115)100-32-20-28-56(100)76(114)99-31-19-27-55(99)69(107)98-63(44(9)101)75(113)91-53(67(105)92-57)33-45-35-85-49-23-13-11-21-47(45)49/h11-14,21-24,35-44,51-63,85-86,101H,10,15-20,25-34,78-84H2,1-9H3,(H,87,109)(H,88,103)(H,89,110)(H,90,111)(H,91,113)(H,92,105)(H,93,104)(H,94,106)(H,95,108)(H,96,112)(H,97,102)(H,98,107)/t37-,38?,39?,40?,41?,42?,43-,44+,51-,52-,53-,54-,55-,56+,57-,58-,59-,60-,61-,62-,63-/m0/s1. The Morgan fingerprint density at radius 1 is 0.391 bits per heavy atom. The Hall–Kier alpha value is -10.2. The van der Waals surface area contributed by atoms with Crippen molar-refractivity contribution >= 4 is 105 Å². The third-order valence-electron chi connectivity index (χ3n) is 21.4. The van der Waals surface area contributed by atoms with E-state index in [0.717, 1.165) is 0 Å². The zero-order valence-corrected chi connectivity index (χ0v) is 67.0. The summed E-state index contributed by atoms with van der Waals surface area (Å²) in [4.78, 5) is 215. The van der Waals surface area contributed by atoms with Crippen LogP contribution in [0.5, 0.6) is 0 Å². The smallest absolute Gasteiger partial charge is 0.247 e. The molecule has 0 spiro atoms. The van der Waals surface area contributed by atoms with E-state index in [1.807, 2.05) is 0 Å². The molecule has 5 heterocycles. The zero-order valence-electron chi connectivity index (χ0n) is 67.0. The molecule has 3 aliphatic heterocycles. The molecule has 38 heteroatoms. The Morgan fingerprint density at radius 2 is 0.730 bits per heavy atom. The number of aromatic nitrogens is 2. The van der Waals surface area contributed by atoms with E-state index in [0.29, 0.717) is 58.6 Å². The maximum absolute atomic E-state index is 15.1. The van der Waals surface area contributed by atoms with Gasteiger partial charge in [0.25, 0.3) is 0 Å². The van der Waals surface area contributed by atoms with Crippen LogP contribution < -0.4 is 104 Å². The average molecular weight is 1610 g/mol. The highest BCUT2D eigenvalue weighted by Crippen LogP contribution is 2.28. The lowest BCUT2D eigenvalue weighted by molar-refractivity contribution is -0.148. The number of rotatable bonds is 20. The third-order valence-corrected chi connectivity index (χ3v) is 21.4. The van der Waals surface area contributed by atoms with Gasteiger partial charge >= 0.3 is 0 Å². The topological polar surface area (TPSA) is 624 Å². The van der Waals surface area contributed by atoms with Gasteiger partial charge in [0, 0.05) is 90.3 Å². The van der Waals surface area contributed by atoms with E-state index in [9.17, 15) is 67.4 Å². The number of nitrogens with zero attached hydrogens (tertiary/aromatic N) is 2. The molecular formula is C77H121N23O15. The molecule has 2 aromatic carbocycles. The van der Waals surface area contributed by atoms with E-state index in [4.69, 9.17) is 40.1 Å². The van der Waals surface area contributed by atoms with E-state index >= 15 is 4.79 Å². The number of hydrogen-bond donors (Lipinski definition) is 22. The molecule has 21 atom stereocenters. The number of benzene rings is 2. The number of carbonyl (C=O) groups is 14. The summed E-state index contributed by atoms with van der Waals surface area (Å²) in [6.45, 7) is 13.4. The summed E-state index contributed by atoms with van der Waals surface area (Å²) in [7, 11) is 0. The molecule has 3 saturated heterocycles. The molecule has 2 aromatic heterocycles. The molecule has 4 aromatic rings. The summed E-state index contributed by atoms with van der Waals surface area (Å²) in [6, 6.07) is -12.8. The SMILES string of the molecule is CC[C@H](C)[C@@H]1NC(=O)[C@H](Cc2c[nH]c3ccccc23)NC(=O)[C@H]([C@@H](C)O)NC(=O)[C@@H]2CCCN2C(=O)[C@H]2CCCN2C(=O)[C@H](C(C)N)NC(=O)[C@H](C)NC(=O)[C@H](C(C)N)NC(=O)[C@H](C(C)N)NC(=O)[C@H](Cc2c[nH]c3ccccc23)NC(=O)[C@H](C(C)N)NC(=O)[C@H](CCCCN)NC(=O)[C@H](CCCCN)NC(=O)[C@H](C(C)N)NC1=O. The lowest BCUT2D eigenvalue weighted by Gasteiger charge is -2.34. The first-order chi connectivity index (χ1) is 54.5. The minimum absolute atomic E-state index is 0.0245. The van der Waals surface area contributed by atoms with Crippen LogP contribution in [0.4, 0.5) is 0 Å². The van der Waals surface area contributed by atoms with Crippen LogP contribution in [-0.4, -0.2) is 255 Å². The van der Waals surface area contributed by atoms with E-state index in [-0.39, 0.29) is 84.0 Å². The van der Waals surface area contributed by atoms with Crippen LogP contribution in [0.2, 0.25) is 0 Å². The summed E-state index contributed by atoms with van der Waals surface area (Å²) in [5.41, 5.74) is 46.3. The first-order valence-electron chi connectivity index (χ1n) is 39.7. The minimum Gasteiger partial charge on any atom is -0.391 e. The van der Waals surface area contributed by atoms with E-state index in [1.165, 1.54) is 58.3 Å². The summed E-state index contributed by atoms with van der Waals surface area (Å²) in [6.07, 6.45) is 3.37. The van der Waals surface area contributed by atoms with Gasteiger partial charge in [-0.2, -0.15) is 0 Å². The largest absolute Gasteiger partial charge is 0.391 e. The first-order valence-corrected chi connectivity index (χ1v) is 39.7. The van der Waals surface area contributed by atoms with Crippen molar-refractivity contribution in [3.63, 3.8) is 0 Å². The van der Waals surface area contributed by atoms with Gasteiger partial charge in [0.15, 0.2) is 0 Å². The van der Waals surface area contributed by atoms with Crippen LogP contribution in [-0.2, 0) is 80.0 Å². The van der Waals surface area contributed by atoms with Crippen molar-refractivity contribution in [1.29, 1.82) is 0 Å². The number of carbonyl (C=O) groups excluding carboxylic acids is 14. The van der Waals surface area contributed by atoms with Crippen molar-refractivity contribution in [3.05, 3.63) is 72.1 Å². The van der Waals surface area contributed by atoms with Gasteiger partial charge in [-0.1, -0.05) is 56.7 Å². The van der Waals surface area contributed by atoms with Crippen molar-refractivity contribution in [2.24, 2.45) is 46.1 Å². The highest BCUT2D eigenvalue weighted by atomic mass is 16.3. The van der Waals surface area contributed by atoms with Gasteiger partial charge in [0.2, 0.25) is 82.7 Å². The Labute approximate surface area is 668 Å².